The first kappa shape index (κ1) is 17.6. The Labute approximate surface area is 155 Å². The maximum atomic E-state index is 12.0. The molecule has 0 heterocycles. The van der Waals surface area contributed by atoms with Crippen molar-refractivity contribution < 1.29 is 9.59 Å². The van der Waals surface area contributed by atoms with E-state index in [9.17, 15) is 9.59 Å². The van der Waals surface area contributed by atoms with E-state index < -0.39 is 5.91 Å². The highest BCUT2D eigenvalue weighted by Gasteiger charge is 2.10. The maximum absolute atomic E-state index is 12.0. The molecule has 2 rings (SSSR count). The number of halogens is 2. The summed E-state index contributed by atoms with van der Waals surface area (Å²) >= 11 is 5.43. The van der Waals surface area contributed by atoms with Crippen molar-refractivity contribution in [1.82, 2.24) is 10.7 Å². The van der Waals surface area contributed by atoms with Gasteiger partial charge < -0.3 is 5.32 Å². The van der Waals surface area contributed by atoms with E-state index >= 15 is 0 Å². The van der Waals surface area contributed by atoms with Crippen molar-refractivity contribution in [2.75, 3.05) is 6.54 Å². The lowest BCUT2D eigenvalue weighted by Gasteiger charge is -2.05. The highest BCUT2D eigenvalue weighted by molar-refractivity contribution is 14.1. The molecule has 2 amide bonds. The smallest absolute Gasteiger partial charge is 0.259 e. The third-order valence-electron chi connectivity index (χ3n) is 2.78. The molecule has 0 bridgehead atoms. The zero-order valence-corrected chi connectivity index (χ0v) is 15.7. The van der Waals surface area contributed by atoms with Gasteiger partial charge in [-0.1, -0.05) is 40.2 Å². The SMILES string of the molecule is O=C(CNC(=O)c1ccccc1I)N/N=C\c1cccc(Br)c1. The van der Waals surface area contributed by atoms with Crippen LogP contribution in [0.1, 0.15) is 15.9 Å². The summed E-state index contributed by atoms with van der Waals surface area (Å²) in [7, 11) is 0. The van der Waals surface area contributed by atoms with Gasteiger partial charge in [0.1, 0.15) is 0 Å². The van der Waals surface area contributed by atoms with Gasteiger partial charge in [0.2, 0.25) is 0 Å². The van der Waals surface area contributed by atoms with Crippen LogP contribution in [0.3, 0.4) is 0 Å². The van der Waals surface area contributed by atoms with Crippen LogP contribution in [0.2, 0.25) is 0 Å². The summed E-state index contributed by atoms with van der Waals surface area (Å²) in [6.45, 7) is -0.139. The molecular formula is C16H13BrIN3O2. The highest BCUT2D eigenvalue weighted by Crippen LogP contribution is 2.11. The zero-order valence-electron chi connectivity index (χ0n) is 11.9. The van der Waals surface area contributed by atoms with Crippen LogP contribution in [0.15, 0.2) is 58.1 Å². The van der Waals surface area contributed by atoms with E-state index in [1.807, 2.05) is 36.4 Å². The number of benzene rings is 2. The van der Waals surface area contributed by atoms with E-state index in [0.29, 0.717) is 5.56 Å². The molecule has 0 saturated carbocycles. The third kappa shape index (κ3) is 5.76. The fourth-order valence-corrected chi connectivity index (χ4v) is 2.76. The molecule has 0 aliphatic carbocycles. The minimum Gasteiger partial charge on any atom is -0.343 e. The number of carbonyl (C=O) groups is 2. The van der Waals surface area contributed by atoms with Crippen LogP contribution < -0.4 is 10.7 Å². The molecule has 5 nitrogen and oxygen atoms in total. The molecule has 0 aromatic heterocycles. The van der Waals surface area contributed by atoms with Gasteiger partial charge in [-0.2, -0.15) is 5.10 Å². The second-order valence-corrected chi connectivity index (χ2v) is 6.59. The van der Waals surface area contributed by atoms with E-state index in [1.165, 1.54) is 6.21 Å². The minimum atomic E-state index is -0.393. The Morgan fingerprint density at radius 3 is 2.70 bits per heavy atom. The molecule has 23 heavy (non-hydrogen) atoms. The molecule has 0 radical (unpaired) electrons. The molecule has 0 unspecified atom stereocenters. The first-order valence-corrected chi connectivity index (χ1v) is 8.53. The van der Waals surface area contributed by atoms with E-state index in [4.69, 9.17) is 0 Å². The zero-order chi connectivity index (χ0) is 16.7. The Morgan fingerprint density at radius 2 is 1.96 bits per heavy atom. The second-order valence-electron chi connectivity index (χ2n) is 4.51. The van der Waals surface area contributed by atoms with Gasteiger partial charge in [0.25, 0.3) is 11.8 Å². The molecule has 2 aromatic rings. The normalized spacial score (nSPS) is 10.5. The fourth-order valence-electron chi connectivity index (χ4n) is 1.71. The fraction of sp³-hybridized carbons (Fsp3) is 0.0625. The molecule has 0 aliphatic heterocycles. The Morgan fingerprint density at radius 1 is 1.17 bits per heavy atom. The second kappa shape index (κ2) is 8.78. The Bertz CT molecular complexity index is 750. The van der Waals surface area contributed by atoms with E-state index in [1.54, 1.807) is 12.1 Å². The van der Waals surface area contributed by atoms with Gasteiger partial charge >= 0.3 is 0 Å². The van der Waals surface area contributed by atoms with Crippen molar-refractivity contribution in [3.8, 4) is 0 Å². The summed E-state index contributed by atoms with van der Waals surface area (Å²) in [5.41, 5.74) is 3.76. The molecule has 0 fully saturated rings. The molecule has 7 heteroatoms. The predicted octanol–water partition coefficient (Wildman–Crippen LogP) is 2.93. The van der Waals surface area contributed by atoms with Crippen molar-refractivity contribution in [1.29, 1.82) is 0 Å². The van der Waals surface area contributed by atoms with E-state index in [2.05, 4.69) is 54.4 Å². The molecule has 118 valence electrons. The summed E-state index contributed by atoms with van der Waals surface area (Å²) < 4.78 is 1.76. The standard InChI is InChI=1S/C16H13BrIN3O2/c17-12-5-3-4-11(8-12)9-20-21-15(22)10-19-16(23)13-6-1-2-7-14(13)18/h1-9H,10H2,(H,19,23)(H,21,22)/b20-9-. The van der Waals surface area contributed by atoms with Gasteiger partial charge in [-0.25, -0.2) is 5.43 Å². The predicted molar refractivity (Wildman–Crippen MR) is 101 cm³/mol. The number of nitrogens with zero attached hydrogens (tertiary/aromatic N) is 1. The van der Waals surface area contributed by atoms with Crippen molar-refractivity contribution >= 4 is 56.5 Å². The average Bonchev–Trinajstić information content (AvgIpc) is 2.53. The van der Waals surface area contributed by atoms with Crippen molar-refractivity contribution in [2.24, 2.45) is 5.10 Å². The lowest BCUT2D eigenvalue weighted by atomic mass is 10.2. The molecule has 0 spiro atoms. The number of hydrogen-bond acceptors (Lipinski definition) is 3. The summed E-state index contributed by atoms with van der Waals surface area (Å²) in [5, 5.41) is 6.41. The number of nitrogens with one attached hydrogen (secondary N) is 2. The lowest BCUT2D eigenvalue weighted by molar-refractivity contribution is -0.120. The van der Waals surface area contributed by atoms with Crippen molar-refractivity contribution in [2.45, 2.75) is 0 Å². The Hall–Kier alpha value is -1.74. The molecule has 0 atom stereocenters. The van der Waals surface area contributed by atoms with E-state index in [0.717, 1.165) is 13.6 Å². The number of hydrogen-bond donors (Lipinski definition) is 2. The van der Waals surface area contributed by atoms with Crippen LogP contribution in [0.4, 0.5) is 0 Å². The van der Waals surface area contributed by atoms with Gasteiger partial charge in [-0.05, 0) is 52.4 Å². The topological polar surface area (TPSA) is 70.6 Å². The van der Waals surface area contributed by atoms with Crippen LogP contribution >= 0.6 is 38.5 Å². The lowest BCUT2D eigenvalue weighted by Crippen LogP contribution is -2.35. The van der Waals surface area contributed by atoms with Crippen LogP contribution in [0.5, 0.6) is 0 Å². The van der Waals surface area contributed by atoms with Gasteiger partial charge in [0.15, 0.2) is 0 Å². The van der Waals surface area contributed by atoms with E-state index in [-0.39, 0.29) is 12.5 Å². The average molecular weight is 486 g/mol. The number of carbonyl (C=O) groups excluding carboxylic acids is 2. The summed E-state index contributed by atoms with van der Waals surface area (Å²) in [4.78, 5) is 23.6. The van der Waals surface area contributed by atoms with Crippen LogP contribution in [0.25, 0.3) is 0 Å². The summed E-state index contributed by atoms with van der Waals surface area (Å²) in [5.74, 6) is -0.684. The number of rotatable bonds is 5. The van der Waals surface area contributed by atoms with Crippen LogP contribution in [-0.2, 0) is 4.79 Å². The molecule has 2 aromatic carbocycles. The molecular weight excluding hydrogens is 473 g/mol. The molecule has 0 saturated heterocycles. The molecule has 0 aliphatic rings. The van der Waals surface area contributed by atoms with Crippen LogP contribution in [0, 0.1) is 3.57 Å². The first-order valence-electron chi connectivity index (χ1n) is 6.66. The minimum absolute atomic E-state index is 0.139. The quantitative estimate of drug-likeness (QED) is 0.388. The van der Waals surface area contributed by atoms with Gasteiger partial charge in [-0.3, -0.25) is 9.59 Å². The number of hydrazone groups is 1. The third-order valence-corrected chi connectivity index (χ3v) is 4.21. The Balaban J connectivity index is 1.81. The summed E-state index contributed by atoms with van der Waals surface area (Å²) in [6.07, 6.45) is 1.53. The van der Waals surface area contributed by atoms with Gasteiger partial charge in [0.05, 0.1) is 18.3 Å². The highest BCUT2D eigenvalue weighted by atomic mass is 127. The maximum Gasteiger partial charge on any atom is 0.259 e. The van der Waals surface area contributed by atoms with Gasteiger partial charge in [-0.15, -0.1) is 0 Å². The largest absolute Gasteiger partial charge is 0.343 e. The summed E-state index contributed by atoms with van der Waals surface area (Å²) in [6, 6.07) is 14.7. The number of amides is 2. The Kier molecular flexibility index (Phi) is 6.72. The monoisotopic (exact) mass is 485 g/mol. The van der Waals surface area contributed by atoms with Crippen LogP contribution in [-0.4, -0.2) is 24.6 Å². The first-order chi connectivity index (χ1) is 11.1. The van der Waals surface area contributed by atoms with Gasteiger partial charge in [0, 0.05) is 8.04 Å². The van der Waals surface area contributed by atoms with Crippen molar-refractivity contribution in [3.63, 3.8) is 0 Å². The van der Waals surface area contributed by atoms with Crippen molar-refractivity contribution in [3.05, 3.63) is 67.7 Å². The molecule has 2 N–H and O–H groups in total.